The van der Waals surface area contributed by atoms with Crippen molar-refractivity contribution < 1.29 is 0 Å². The predicted octanol–water partition coefficient (Wildman–Crippen LogP) is 2.77. The topological polar surface area (TPSA) is 67.7 Å². The van der Waals surface area contributed by atoms with Crippen LogP contribution in [0, 0.1) is 12.3 Å². The number of hydrogen-bond donors (Lipinski definition) is 2. The van der Waals surface area contributed by atoms with Crippen molar-refractivity contribution in [3.8, 4) is 5.69 Å². The number of nitrogen functional groups attached to an aromatic ring is 1. The quantitative estimate of drug-likeness (QED) is 0.650. The lowest BCUT2D eigenvalue weighted by molar-refractivity contribution is 0.847. The van der Waals surface area contributed by atoms with Gasteiger partial charge in [0.05, 0.1) is 33.2 Å². The summed E-state index contributed by atoms with van der Waals surface area (Å²) in [5, 5.41) is 12.5. The summed E-state index contributed by atoms with van der Waals surface area (Å²) in [4.78, 5) is 0. The average Bonchev–Trinajstić information content (AvgIpc) is 2.64. The number of amidine groups is 1. The van der Waals surface area contributed by atoms with Crippen molar-refractivity contribution in [2.45, 2.75) is 6.92 Å². The largest absolute Gasteiger partial charge is 0.384 e. The molecule has 2 rings (SSSR count). The fourth-order valence-electron chi connectivity index (χ4n) is 1.57. The maximum Gasteiger partial charge on any atom is 0.126 e. The van der Waals surface area contributed by atoms with E-state index >= 15 is 0 Å². The van der Waals surface area contributed by atoms with Gasteiger partial charge in [-0.1, -0.05) is 29.3 Å². The van der Waals surface area contributed by atoms with Crippen LogP contribution in [0.2, 0.25) is 10.0 Å². The van der Waals surface area contributed by atoms with Gasteiger partial charge in [0, 0.05) is 0 Å². The van der Waals surface area contributed by atoms with E-state index in [9.17, 15) is 0 Å². The SMILES string of the molecule is Cc1c(C(=N)N)cnn1-c1cccc(Cl)c1Cl. The zero-order valence-electron chi connectivity index (χ0n) is 9.04. The lowest BCUT2D eigenvalue weighted by atomic mass is 10.2. The second kappa shape index (κ2) is 4.39. The van der Waals surface area contributed by atoms with Gasteiger partial charge in [-0.05, 0) is 19.1 Å². The Morgan fingerprint density at radius 2 is 2.12 bits per heavy atom. The highest BCUT2D eigenvalue weighted by atomic mass is 35.5. The second-order valence-corrected chi connectivity index (χ2v) is 4.33. The van der Waals surface area contributed by atoms with E-state index in [0.29, 0.717) is 21.3 Å². The smallest absolute Gasteiger partial charge is 0.126 e. The minimum absolute atomic E-state index is 0.0214. The van der Waals surface area contributed by atoms with Crippen LogP contribution in [0.15, 0.2) is 24.4 Å². The number of benzene rings is 1. The molecule has 0 saturated carbocycles. The van der Waals surface area contributed by atoms with Crippen molar-refractivity contribution in [2.24, 2.45) is 5.73 Å². The Labute approximate surface area is 108 Å². The summed E-state index contributed by atoms with van der Waals surface area (Å²) in [6, 6.07) is 5.30. The maximum atomic E-state index is 7.41. The molecule has 0 atom stereocenters. The zero-order chi connectivity index (χ0) is 12.6. The van der Waals surface area contributed by atoms with Crippen molar-refractivity contribution in [3.63, 3.8) is 0 Å². The van der Waals surface area contributed by atoms with Gasteiger partial charge in [0.2, 0.25) is 0 Å². The number of nitrogens with one attached hydrogen (secondary N) is 1. The molecule has 1 aromatic carbocycles. The van der Waals surface area contributed by atoms with Crippen LogP contribution in [0.1, 0.15) is 11.3 Å². The molecule has 2 aromatic rings. The Balaban J connectivity index is 2.62. The van der Waals surface area contributed by atoms with E-state index in [1.807, 2.05) is 6.92 Å². The molecule has 0 saturated heterocycles. The number of rotatable bonds is 2. The van der Waals surface area contributed by atoms with Gasteiger partial charge in [-0.2, -0.15) is 5.10 Å². The van der Waals surface area contributed by atoms with Crippen LogP contribution in [-0.2, 0) is 0 Å². The highest BCUT2D eigenvalue weighted by Crippen LogP contribution is 2.29. The lowest BCUT2D eigenvalue weighted by Gasteiger charge is -2.08. The first-order valence-corrected chi connectivity index (χ1v) is 5.61. The maximum absolute atomic E-state index is 7.41. The number of nitrogens with zero attached hydrogens (tertiary/aromatic N) is 2. The first kappa shape index (κ1) is 12.0. The monoisotopic (exact) mass is 268 g/mol. The summed E-state index contributed by atoms with van der Waals surface area (Å²) in [5.41, 5.74) is 7.45. The van der Waals surface area contributed by atoms with E-state index in [0.717, 1.165) is 5.69 Å². The lowest BCUT2D eigenvalue weighted by Crippen LogP contribution is -2.12. The molecule has 1 heterocycles. The normalized spacial score (nSPS) is 10.5. The second-order valence-electron chi connectivity index (χ2n) is 3.54. The van der Waals surface area contributed by atoms with Gasteiger partial charge in [0.15, 0.2) is 0 Å². The van der Waals surface area contributed by atoms with Crippen molar-refractivity contribution >= 4 is 29.0 Å². The van der Waals surface area contributed by atoms with Crippen LogP contribution in [0.4, 0.5) is 0 Å². The minimum Gasteiger partial charge on any atom is -0.384 e. The van der Waals surface area contributed by atoms with Crippen LogP contribution >= 0.6 is 23.2 Å². The van der Waals surface area contributed by atoms with Gasteiger partial charge in [-0.15, -0.1) is 0 Å². The van der Waals surface area contributed by atoms with E-state index in [4.69, 9.17) is 34.3 Å². The van der Waals surface area contributed by atoms with Gasteiger partial charge in [-0.3, -0.25) is 5.41 Å². The van der Waals surface area contributed by atoms with Gasteiger partial charge in [0.1, 0.15) is 5.84 Å². The van der Waals surface area contributed by atoms with Crippen LogP contribution < -0.4 is 5.73 Å². The van der Waals surface area contributed by atoms with Gasteiger partial charge in [0.25, 0.3) is 0 Å². The van der Waals surface area contributed by atoms with Gasteiger partial charge in [-0.25, -0.2) is 4.68 Å². The molecule has 6 heteroatoms. The molecule has 0 radical (unpaired) electrons. The summed E-state index contributed by atoms with van der Waals surface area (Å²) in [6.07, 6.45) is 1.54. The van der Waals surface area contributed by atoms with E-state index in [1.165, 1.54) is 6.20 Å². The first-order valence-electron chi connectivity index (χ1n) is 4.85. The fraction of sp³-hybridized carbons (Fsp3) is 0.0909. The van der Waals surface area contributed by atoms with E-state index in [2.05, 4.69) is 5.10 Å². The third-order valence-corrected chi connectivity index (χ3v) is 3.27. The Bertz CT molecular complexity index is 589. The predicted molar refractivity (Wildman–Crippen MR) is 69.3 cm³/mol. The third-order valence-electron chi connectivity index (χ3n) is 2.46. The zero-order valence-corrected chi connectivity index (χ0v) is 10.5. The van der Waals surface area contributed by atoms with Crippen LogP contribution in [0.3, 0.4) is 0 Å². The molecule has 0 aliphatic rings. The highest BCUT2D eigenvalue weighted by Gasteiger charge is 2.13. The summed E-state index contributed by atoms with van der Waals surface area (Å²) in [6.45, 7) is 1.82. The summed E-state index contributed by atoms with van der Waals surface area (Å²) >= 11 is 12.1. The average molecular weight is 269 g/mol. The van der Waals surface area contributed by atoms with Crippen molar-refractivity contribution in [3.05, 3.63) is 45.7 Å². The van der Waals surface area contributed by atoms with E-state index < -0.39 is 0 Å². The number of halogens is 2. The molecule has 3 N–H and O–H groups in total. The Morgan fingerprint density at radius 3 is 2.71 bits per heavy atom. The fourth-order valence-corrected chi connectivity index (χ4v) is 1.95. The molecule has 0 fully saturated rings. The highest BCUT2D eigenvalue weighted by molar-refractivity contribution is 6.43. The van der Waals surface area contributed by atoms with Gasteiger partial charge >= 0.3 is 0 Å². The van der Waals surface area contributed by atoms with Gasteiger partial charge < -0.3 is 5.73 Å². The molecular formula is C11H10Cl2N4. The number of hydrogen-bond acceptors (Lipinski definition) is 2. The Morgan fingerprint density at radius 1 is 1.41 bits per heavy atom. The summed E-state index contributed by atoms with van der Waals surface area (Å²) in [5.74, 6) is -0.0214. The molecule has 0 aliphatic carbocycles. The molecule has 1 aromatic heterocycles. The number of aromatic nitrogens is 2. The minimum atomic E-state index is -0.0214. The Hall–Kier alpha value is -1.52. The van der Waals surface area contributed by atoms with Crippen molar-refractivity contribution in [1.82, 2.24) is 9.78 Å². The standard InChI is InChI=1S/C11H10Cl2N4/c1-6-7(11(14)15)5-16-17(6)9-4-2-3-8(12)10(9)13/h2-5H,1H3,(H3,14,15). The number of nitrogens with two attached hydrogens (primary N) is 1. The first-order chi connectivity index (χ1) is 8.02. The molecule has 4 nitrogen and oxygen atoms in total. The third kappa shape index (κ3) is 2.01. The molecule has 0 amide bonds. The summed E-state index contributed by atoms with van der Waals surface area (Å²) < 4.78 is 1.62. The van der Waals surface area contributed by atoms with Crippen LogP contribution in [-0.4, -0.2) is 15.6 Å². The summed E-state index contributed by atoms with van der Waals surface area (Å²) in [7, 11) is 0. The van der Waals surface area contributed by atoms with Crippen molar-refractivity contribution in [1.29, 1.82) is 5.41 Å². The molecule has 0 aliphatic heterocycles. The Kier molecular flexibility index (Phi) is 3.09. The molecule has 17 heavy (non-hydrogen) atoms. The molecular weight excluding hydrogens is 259 g/mol. The van der Waals surface area contributed by atoms with Crippen molar-refractivity contribution in [2.75, 3.05) is 0 Å². The van der Waals surface area contributed by atoms with Crippen LogP contribution in [0.25, 0.3) is 5.69 Å². The molecule has 0 unspecified atom stereocenters. The molecule has 88 valence electrons. The van der Waals surface area contributed by atoms with E-state index in [-0.39, 0.29) is 5.84 Å². The molecule has 0 bridgehead atoms. The van der Waals surface area contributed by atoms with E-state index in [1.54, 1.807) is 22.9 Å². The molecule has 0 spiro atoms. The van der Waals surface area contributed by atoms with Crippen LogP contribution in [0.5, 0.6) is 0 Å².